The van der Waals surface area contributed by atoms with Crippen molar-refractivity contribution >= 4 is 5.69 Å². The standard InChI is InChI=1S/C11H14FNO2/c1-8(2)3-4-9-7-10(12)5-6-11(9)13(14)15/h5-8H,3-4H2,1-2H3. The highest BCUT2D eigenvalue weighted by atomic mass is 19.1. The Labute approximate surface area is 88.1 Å². The zero-order valence-electron chi connectivity index (χ0n) is 8.87. The summed E-state index contributed by atoms with van der Waals surface area (Å²) in [6.45, 7) is 4.07. The molecule has 0 saturated heterocycles. The van der Waals surface area contributed by atoms with Crippen molar-refractivity contribution in [1.29, 1.82) is 0 Å². The number of halogens is 1. The molecule has 0 aromatic heterocycles. The van der Waals surface area contributed by atoms with Gasteiger partial charge in [0.2, 0.25) is 0 Å². The van der Waals surface area contributed by atoms with E-state index in [4.69, 9.17) is 0 Å². The summed E-state index contributed by atoms with van der Waals surface area (Å²) in [5.41, 5.74) is 0.491. The monoisotopic (exact) mass is 211 g/mol. The Hall–Kier alpha value is -1.45. The Kier molecular flexibility index (Phi) is 3.77. The van der Waals surface area contributed by atoms with Crippen molar-refractivity contribution in [2.45, 2.75) is 26.7 Å². The van der Waals surface area contributed by atoms with E-state index in [1.54, 1.807) is 0 Å². The molecule has 0 radical (unpaired) electrons. The van der Waals surface area contributed by atoms with Gasteiger partial charge in [-0.25, -0.2) is 4.39 Å². The summed E-state index contributed by atoms with van der Waals surface area (Å²) >= 11 is 0. The Morgan fingerprint density at radius 2 is 2.13 bits per heavy atom. The Morgan fingerprint density at radius 3 is 2.67 bits per heavy atom. The average molecular weight is 211 g/mol. The van der Waals surface area contributed by atoms with Crippen LogP contribution in [0.5, 0.6) is 0 Å². The number of hydrogen-bond acceptors (Lipinski definition) is 2. The summed E-state index contributed by atoms with van der Waals surface area (Å²) in [6, 6.07) is 3.60. The summed E-state index contributed by atoms with van der Waals surface area (Å²) in [5, 5.41) is 10.7. The number of rotatable bonds is 4. The molecule has 0 aliphatic rings. The van der Waals surface area contributed by atoms with E-state index in [1.165, 1.54) is 12.1 Å². The molecule has 0 amide bonds. The molecule has 0 N–H and O–H groups in total. The molecule has 4 heteroatoms. The van der Waals surface area contributed by atoms with Crippen molar-refractivity contribution in [3.8, 4) is 0 Å². The van der Waals surface area contributed by atoms with Gasteiger partial charge in [-0.05, 0) is 30.9 Å². The second-order valence-corrected chi connectivity index (χ2v) is 3.96. The third-order valence-electron chi connectivity index (χ3n) is 2.23. The minimum atomic E-state index is -0.463. The largest absolute Gasteiger partial charge is 0.272 e. The van der Waals surface area contributed by atoms with Crippen LogP contribution in [0.4, 0.5) is 10.1 Å². The van der Waals surface area contributed by atoms with Gasteiger partial charge in [0.15, 0.2) is 0 Å². The smallest absolute Gasteiger partial charge is 0.258 e. The predicted octanol–water partition coefficient (Wildman–Crippen LogP) is 3.32. The van der Waals surface area contributed by atoms with Crippen molar-refractivity contribution in [3.05, 3.63) is 39.7 Å². The highest BCUT2D eigenvalue weighted by Crippen LogP contribution is 2.22. The quantitative estimate of drug-likeness (QED) is 0.566. The number of benzene rings is 1. The van der Waals surface area contributed by atoms with E-state index in [2.05, 4.69) is 0 Å². The van der Waals surface area contributed by atoms with Crippen LogP contribution in [0.1, 0.15) is 25.8 Å². The normalized spacial score (nSPS) is 10.7. The van der Waals surface area contributed by atoms with Crippen molar-refractivity contribution in [1.82, 2.24) is 0 Å². The first-order valence-corrected chi connectivity index (χ1v) is 4.93. The van der Waals surface area contributed by atoms with Gasteiger partial charge in [0.25, 0.3) is 5.69 Å². The fourth-order valence-corrected chi connectivity index (χ4v) is 1.38. The van der Waals surface area contributed by atoms with Crippen LogP contribution >= 0.6 is 0 Å². The van der Waals surface area contributed by atoms with Gasteiger partial charge >= 0.3 is 0 Å². The molecular formula is C11H14FNO2. The molecule has 0 unspecified atom stereocenters. The first kappa shape index (κ1) is 11.6. The maximum Gasteiger partial charge on any atom is 0.272 e. The average Bonchev–Trinajstić information content (AvgIpc) is 2.14. The molecule has 0 fully saturated rings. The molecule has 0 aliphatic carbocycles. The van der Waals surface area contributed by atoms with Crippen LogP contribution in [0.3, 0.4) is 0 Å². The molecule has 0 aliphatic heterocycles. The molecule has 1 rings (SSSR count). The lowest BCUT2D eigenvalue weighted by atomic mass is 10.0. The molecule has 0 heterocycles. The van der Waals surface area contributed by atoms with Crippen LogP contribution in [-0.2, 0) is 6.42 Å². The Morgan fingerprint density at radius 1 is 1.47 bits per heavy atom. The fraction of sp³-hybridized carbons (Fsp3) is 0.455. The summed E-state index contributed by atoms with van der Waals surface area (Å²) in [4.78, 5) is 10.2. The maximum absolute atomic E-state index is 12.9. The molecule has 0 bridgehead atoms. The van der Waals surface area contributed by atoms with Crippen molar-refractivity contribution in [3.63, 3.8) is 0 Å². The molecule has 1 aromatic carbocycles. The zero-order chi connectivity index (χ0) is 11.4. The number of nitro benzene ring substituents is 1. The molecule has 0 saturated carbocycles. The summed E-state index contributed by atoms with van der Waals surface area (Å²) in [5.74, 6) is 0.0345. The van der Waals surface area contributed by atoms with E-state index in [9.17, 15) is 14.5 Å². The van der Waals surface area contributed by atoms with Gasteiger partial charge in [-0.15, -0.1) is 0 Å². The lowest BCUT2D eigenvalue weighted by Gasteiger charge is -2.05. The van der Waals surface area contributed by atoms with Crippen LogP contribution < -0.4 is 0 Å². The van der Waals surface area contributed by atoms with E-state index in [1.807, 2.05) is 13.8 Å². The van der Waals surface area contributed by atoms with Crippen LogP contribution in [-0.4, -0.2) is 4.92 Å². The third kappa shape index (κ3) is 3.31. The first-order valence-electron chi connectivity index (χ1n) is 4.93. The fourth-order valence-electron chi connectivity index (χ4n) is 1.38. The SMILES string of the molecule is CC(C)CCc1cc(F)ccc1[N+](=O)[O-]. The van der Waals surface area contributed by atoms with E-state index >= 15 is 0 Å². The van der Waals surface area contributed by atoms with Gasteiger partial charge in [-0.3, -0.25) is 10.1 Å². The minimum absolute atomic E-state index is 0.0112. The van der Waals surface area contributed by atoms with Gasteiger partial charge in [-0.1, -0.05) is 13.8 Å². The Bertz CT molecular complexity index is 364. The topological polar surface area (TPSA) is 43.1 Å². The van der Waals surface area contributed by atoms with Crippen LogP contribution in [0, 0.1) is 21.8 Å². The maximum atomic E-state index is 12.9. The van der Waals surface area contributed by atoms with Crippen molar-refractivity contribution < 1.29 is 9.31 Å². The molecule has 0 atom stereocenters. The van der Waals surface area contributed by atoms with Gasteiger partial charge in [-0.2, -0.15) is 0 Å². The summed E-state index contributed by atoms with van der Waals surface area (Å²) in [7, 11) is 0. The zero-order valence-corrected chi connectivity index (χ0v) is 8.87. The number of hydrogen-bond donors (Lipinski definition) is 0. The van der Waals surface area contributed by atoms with Crippen molar-refractivity contribution in [2.24, 2.45) is 5.92 Å². The second kappa shape index (κ2) is 4.87. The van der Waals surface area contributed by atoms with Gasteiger partial charge in [0.05, 0.1) is 4.92 Å². The number of nitro groups is 1. The molecule has 3 nitrogen and oxygen atoms in total. The van der Waals surface area contributed by atoms with E-state index in [-0.39, 0.29) is 5.69 Å². The Balaban J connectivity index is 2.92. The molecule has 15 heavy (non-hydrogen) atoms. The van der Waals surface area contributed by atoms with Crippen LogP contribution in [0.2, 0.25) is 0 Å². The van der Waals surface area contributed by atoms with Crippen LogP contribution in [0.15, 0.2) is 18.2 Å². The second-order valence-electron chi connectivity index (χ2n) is 3.96. The van der Waals surface area contributed by atoms with Crippen LogP contribution in [0.25, 0.3) is 0 Å². The molecule has 82 valence electrons. The van der Waals surface area contributed by atoms with Gasteiger partial charge < -0.3 is 0 Å². The highest BCUT2D eigenvalue weighted by molar-refractivity contribution is 5.40. The molecule has 1 aromatic rings. The molecular weight excluding hydrogens is 197 g/mol. The lowest BCUT2D eigenvalue weighted by molar-refractivity contribution is -0.385. The molecule has 0 spiro atoms. The van der Waals surface area contributed by atoms with Gasteiger partial charge in [0, 0.05) is 11.6 Å². The van der Waals surface area contributed by atoms with Crippen molar-refractivity contribution in [2.75, 3.05) is 0 Å². The van der Waals surface area contributed by atoms with E-state index in [0.717, 1.165) is 12.5 Å². The van der Waals surface area contributed by atoms with Gasteiger partial charge in [0.1, 0.15) is 5.82 Å². The summed E-state index contributed by atoms with van der Waals surface area (Å²) < 4.78 is 12.9. The summed E-state index contributed by atoms with van der Waals surface area (Å²) in [6.07, 6.45) is 1.37. The lowest BCUT2D eigenvalue weighted by Crippen LogP contribution is -1.99. The number of nitrogens with zero attached hydrogens (tertiary/aromatic N) is 1. The predicted molar refractivity (Wildman–Crippen MR) is 56.2 cm³/mol. The number of aryl methyl sites for hydroxylation is 1. The first-order chi connectivity index (χ1) is 7.00. The van der Waals surface area contributed by atoms with E-state index in [0.29, 0.717) is 17.9 Å². The third-order valence-corrected chi connectivity index (χ3v) is 2.23. The minimum Gasteiger partial charge on any atom is -0.258 e. The highest BCUT2D eigenvalue weighted by Gasteiger charge is 2.14. The van der Waals surface area contributed by atoms with E-state index < -0.39 is 10.7 Å².